The van der Waals surface area contributed by atoms with Crippen molar-refractivity contribution in [1.82, 2.24) is 0 Å². The molecule has 0 N–H and O–H groups in total. The summed E-state index contributed by atoms with van der Waals surface area (Å²) < 4.78 is 15.3. The van der Waals surface area contributed by atoms with Crippen LogP contribution in [0.1, 0.15) is 22.3 Å². The van der Waals surface area contributed by atoms with Gasteiger partial charge >= 0.3 is 0 Å². The Bertz CT molecular complexity index is 2560. The molecule has 0 atom stereocenters. The fourth-order valence-electron chi connectivity index (χ4n) is 8.84. The van der Waals surface area contributed by atoms with Gasteiger partial charge in [0.1, 0.15) is 0 Å². The normalized spacial score (nSPS) is 13.6. The van der Waals surface area contributed by atoms with Crippen LogP contribution in [0.15, 0.2) is 206 Å². The molecule has 0 unspecified atom stereocenters. The van der Waals surface area contributed by atoms with E-state index in [1.807, 2.05) is 60.7 Å². The summed E-state index contributed by atoms with van der Waals surface area (Å²) in [6.07, 6.45) is 0. The summed E-state index contributed by atoms with van der Waals surface area (Å²) in [6, 6.07) is 72.6. The number of nitrogens with zero attached hydrogens (tertiary/aromatic N) is 1. The van der Waals surface area contributed by atoms with Gasteiger partial charge in [0.15, 0.2) is 7.14 Å². The first-order valence-corrected chi connectivity index (χ1v) is 19.5. The first kappa shape index (κ1) is 30.6. The maximum Gasteiger partial charge on any atom is 0.171 e. The highest BCUT2D eigenvalue weighted by atomic mass is 31.2. The van der Waals surface area contributed by atoms with Crippen molar-refractivity contribution in [3.05, 3.63) is 229 Å². The Hall–Kier alpha value is -6.21. The average Bonchev–Trinajstić information content (AvgIpc) is 3.53. The minimum Gasteiger partial charge on any atom is -0.310 e. The monoisotopic (exact) mass is 683 g/mol. The summed E-state index contributed by atoms with van der Waals surface area (Å²) >= 11 is 0. The Morgan fingerprint density at radius 1 is 0.365 bits per heavy atom. The zero-order valence-electron chi connectivity index (χ0n) is 28.4. The SMILES string of the molecule is O=P(c1ccccc1)(c1ccccc1)c1ccc(-c2cccc3c2C2(c4ccccc4-3)c3ccccc3N(c3ccccc3)c3ccccc32)cc1. The Kier molecular flexibility index (Phi) is 7.03. The number of anilines is 3. The Balaban J connectivity index is 1.23. The van der Waals surface area contributed by atoms with E-state index in [1.54, 1.807) is 0 Å². The second-order valence-electron chi connectivity index (χ2n) is 13.6. The summed E-state index contributed by atoms with van der Waals surface area (Å²) in [5.41, 5.74) is 12.8. The van der Waals surface area contributed by atoms with Gasteiger partial charge in [-0.25, -0.2) is 0 Å². The molecular weight excluding hydrogens is 650 g/mol. The third kappa shape index (κ3) is 4.28. The van der Waals surface area contributed by atoms with Gasteiger partial charge in [-0.15, -0.1) is 0 Å². The maximum atomic E-state index is 15.3. The molecule has 0 aromatic heterocycles. The van der Waals surface area contributed by atoms with Gasteiger partial charge < -0.3 is 9.46 Å². The van der Waals surface area contributed by atoms with Crippen molar-refractivity contribution in [2.24, 2.45) is 0 Å². The zero-order valence-corrected chi connectivity index (χ0v) is 29.3. The van der Waals surface area contributed by atoms with Crippen LogP contribution in [0.2, 0.25) is 0 Å². The van der Waals surface area contributed by atoms with Gasteiger partial charge in [0.2, 0.25) is 0 Å². The zero-order chi connectivity index (χ0) is 34.7. The highest BCUT2D eigenvalue weighted by Gasteiger charge is 2.52. The predicted octanol–water partition coefficient (Wildman–Crippen LogP) is 11.1. The van der Waals surface area contributed by atoms with Crippen LogP contribution in [-0.2, 0) is 9.98 Å². The quantitative estimate of drug-likeness (QED) is 0.168. The molecule has 3 heteroatoms. The van der Waals surface area contributed by atoms with E-state index in [4.69, 9.17) is 0 Å². The number of para-hydroxylation sites is 3. The summed E-state index contributed by atoms with van der Waals surface area (Å²) in [6.45, 7) is 0. The van der Waals surface area contributed by atoms with Gasteiger partial charge in [0.25, 0.3) is 0 Å². The Morgan fingerprint density at radius 2 is 0.808 bits per heavy atom. The van der Waals surface area contributed by atoms with Crippen LogP contribution in [-0.4, -0.2) is 0 Å². The summed E-state index contributed by atoms with van der Waals surface area (Å²) in [4.78, 5) is 2.42. The number of rotatable bonds is 5. The van der Waals surface area contributed by atoms with E-state index in [0.29, 0.717) is 0 Å². The van der Waals surface area contributed by atoms with Gasteiger partial charge in [-0.2, -0.15) is 0 Å². The van der Waals surface area contributed by atoms with E-state index < -0.39 is 12.6 Å². The lowest BCUT2D eigenvalue weighted by atomic mass is 9.63. The van der Waals surface area contributed by atoms with E-state index in [2.05, 4.69) is 150 Å². The fraction of sp³-hybridized carbons (Fsp3) is 0.0204. The lowest BCUT2D eigenvalue weighted by molar-refractivity contribution is 0.592. The first-order chi connectivity index (χ1) is 25.7. The lowest BCUT2D eigenvalue weighted by Crippen LogP contribution is -2.36. The lowest BCUT2D eigenvalue weighted by Gasteiger charge is -2.45. The van der Waals surface area contributed by atoms with Crippen LogP contribution in [0.4, 0.5) is 17.1 Å². The second-order valence-corrected chi connectivity index (χ2v) is 16.3. The van der Waals surface area contributed by atoms with Gasteiger partial charge in [-0.05, 0) is 68.8 Å². The minimum atomic E-state index is -3.11. The van der Waals surface area contributed by atoms with E-state index in [0.717, 1.165) is 27.2 Å². The van der Waals surface area contributed by atoms with E-state index in [1.165, 1.54) is 50.3 Å². The minimum absolute atomic E-state index is 0.566. The molecular formula is C49H34NOP. The average molecular weight is 684 g/mol. The van der Waals surface area contributed by atoms with Crippen LogP contribution < -0.4 is 20.8 Å². The van der Waals surface area contributed by atoms with Crippen molar-refractivity contribution in [1.29, 1.82) is 0 Å². The first-order valence-electron chi connectivity index (χ1n) is 17.8. The molecule has 10 rings (SSSR count). The van der Waals surface area contributed by atoms with Crippen LogP contribution in [0.25, 0.3) is 22.3 Å². The van der Waals surface area contributed by atoms with Crippen LogP contribution in [0, 0.1) is 0 Å². The van der Waals surface area contributed by atoms with Crippen LogP contribution >= 0.6 is 7.14 Å². The third-order valence-electron chi connectivity index (χ3n) is 11.0. The summed E-state index contributed by atoms with van der Waals surface area (Å²) in [7, 11) is -3.11. The van der Waals surface area contributed by atoms with Crippen molar-refractivity contribution < 1.29 is 4.57 Å². The molecule has 0 bridgehead atoms. The molecule has 0 saturated carbocycles. The summed E-state index contributed by atoms with van der Waals surface area (Å²) in [5.74, 6) is 0. The molecule has 8 aromatic rings. The molecule has 246 valence electrons. The van der Waals surface area contributed by atoms with E-state index in [-0.39, 0.29) is 0 Å². The van der Waals surface area contributed by atoms with Crippen molar-refractivity contribution >= 4 is 40.1 Å². The van der Waals surface area contributed by atoms with Crippen molar-refractivity contribution in [3.8, 4) is 22.3 Å². The van der Waals surface area contributed by atoms with E-state index >= 15 is 4.57 Å². The molecule has 52 heavy (non-hydrogen) atoms. The fourth-order valence-corrected chi connectivity index (χ4v) is 11.5. The molecule has 0 radical (unpaired) electrons. The Morgan fingerprint density at radius 3 is 1.40 bits per heavy atom. The van der Waals surface area contributed by atoms with Crippen molar-refractivity contribution in [2.45, 2.75) is 5.41 Å². The molecule has 0 saturated heterocycles. The Labute approximate surface area is 304 Å². The molecule has 0 amide bonds. The molecule has 1 heterocycles. The van der Waals surface area contributed by atoms with Crippen LogP contribution in [0.3, 0.4) is 0 Å². The number of hydrogen-bond donors (Lipinski definition) is 0. The second kappa shape index (κ2) is 11.9. The van der Waals surface area contributed by atoms with Crippen LogP contribution in [0.5, 0.6) is 0 Å². The maximum absolute atomic E-state index is 15.3. The number of fused-ring (bicyclic) bond motifs is 9. The largest absolute Gasteiger partial charge is 0.310 e. The van der Waals surface area contributed by atoms with Crippen molar-refractivity contribution in [2.75, 3.05) is 4.90 Å². The summed E-state index contributed by atoms with van der Waals surface area (Å²) in [5, 5.41) is 2.50. The smallest absolute Gasteiger partial charge is 0.171 e. The van der Waals surface area contributed by atoms with E-state index in [9.17, 15) is 0 Å². The number of benzene rings is 8. The molecule has 2 nitrogen and oxygen atoms in total. The van der Waals surface area contributed by atoms with Gasteiger partial charge in [-0.1, -0.05) is 182 Å². The molecule has 2 aliphatic rings. The molecule has 1 spiro atoms. The predicted molar refractivity (Wildman–Crippen MR) is 217 cm³/mol. The molecule has 1 aliphatic carbocycles. The van der Waals surface area contributed by atoms with Gasteiger partial charge in [0.05, 0.1) is 16.8 Å². The number of hydrogen-bond acceptors (Lipinski definition) is 2. The molecule has 0 fully saturated rings. The van der Waals surface area contributed by atoms with Gasteiger partial charge in [-0.3, -0.25) is 0 Å². The topological polar surface area (TPSA) is 20.3 Å². The molecule has 1 aliphatic heterocycles. The highest BCUT2D eigenvalue weighted by molar-refractivity contribution is 7.85. The van der Waals surface area contributed by atoms with Gasteiger partial charge in [0, 0.05) is 21.6 Å². The standard InChI is InChI=1S/C49H34NOP/c51-52(37-19-6-2-7-20-37,38-21-8-3-9-22-38)39-33-31-35(32-34-39)40-24-16-25-42-41-23-10-11-26-43(41)49(48(40)42)44-27-12-14-29-46(44)50(36-17-4-1-5-18-36)47-30-15-13-28-45(47)49/h1-34H. The molecule has 8 aromatic carbocycles. The third-order valence-corrected chi connectivity index (χ3v) is 14.0. The van der Waals surface area contributed by atoms with Crippen molar-refractivity contribution in [3.63, 3.8) is 0 Å². The highest BCUT2D eigenvalue weighted by Crippen LogP contribution is 2.64.